The summed E-state index contributed by atoms with van der Waals surface area (Å²) in [5, 5.41) is 0.248. The fourth-order valence-electron chi connectivity index (χ4n) is 2.71. The zero-order chi connectivity index (χ0) is 15.0. The van der Waals surface area contributed by atoms with E-state index in [2.05, 4.69) is 11.1 Å². The molecule has 1 atom stereocenters. The van der Waals surface area contributed by atoms with E-state index in [4.69, 9.17) is 16.3 Å². The zero-order valence-corrected chi connectivity index (χ0v) is 12.6. The van der Waals surface area contributed by atoms with Crippen LogP contribution in [-0.4, -0.2) is 24.0 Å². The van der Waals surface area contributed by atoms with Gasteiger partial charge in [0.1, 0.15) is 5.15 Å². The van der Waals surface area contributed by atoms with E-state index in [1.165, 1.54) is 12.7 Å². The topological polar surface area (TPSA) is 42.4 Å². The molecule has 3 rings (SSSR count). The summed E-state index contributed by atoms with van der Waals surface area (Å²) in [7, 11) is 1.50. The lowest BCUT2D eigenvalue weighted by atomic mass is 10.1. The third kappa shape index (κ3) is 2.47. The molecule has 0 bridgehead atoms. The van der Waals surface area contributed by atoms with Gasteiger partial charge in [0.05, 0.1) is 7.11 Å². The molecule has 1 aliphatic rings. The molecule has 0 fully saturated rings. The maximum atomic E-state index is 12.8. The van der Waals surface area contributed by atoms with Crippen molar-refractivity contribution in [3.05, 3.63) is 52.7 Å². The van der Waals surface area contributed by atoms with E-state index in [-0.39, 0.29) is 17.1 Å². The summed E-state index contributed by atoms with van der Waals surface area (Å²) < 4.78 is 5.08. The summed E-state index contributed by atoms with van der Waals surface area (Å²) in [6, 6.07) is 11.3. The third-order valence-electron chi connectivity index (χ3n) is 3.65. The van der Waals surface area contributed by atoms with Crippen LogP contribution in [0.1, 0.15) is 22.8 Å². The zero-order valence-electron chi connectivity index (χ0n) is 11.8. The van der Waals surface area contributed by atoms with Crippen molar-refractivity contribution in [2.75, 3.05) is 12.0 Å². The van der Waals surface area contributed by atoms with Gasteiger partial charge in [-0.1, -0.05) is 29.8 Å². The van der Waals surface area contributed by atoms with Gasteiger partial charge in [0, 0.05) is 23.4 Å². The summed E-state index contributed by atoms with van der Waals surface area (Å²) in [5.41, 5.74) is 2.63. The van der Waals surface area contributed by atoms with Gasteiger partial charge in [0.25, 0.3) is 5.91 Å². The maximum absolute atomic E-state index is 12.8. The second kappa shape index (κ2) is 5.37. The van der Waals surface area contributed by atoms with Crippen molar-refractivity contribution in [3.63, 3.8) is 0 Å². The first-order valence-electron chi connectivity index (χ1n) is 6.73. The number of fused-ring (bicyclic) bond motifs is 1. The van der Waals surface area contributed by atoms with Crippen LogP contribution < -0.4 is 9.64 Å². The second-order valence-corrected chi connectivity index (χ2v) is 5.47. The van der Waals surface area contributed by atoms with E-state index in [0.717, 1.165) is 12.1 Å². The number of para-hydroxylation sites is 1. The Balaban J connectivity index is 2.01. The van der Waals surface area contributed by atoms with Crippen molar-refractivity contribution >= 4 is 23.2 Å². The molecule has 21 heavy (non-hydrogen) atoms. The largest absolute Gasteiger partial charge is 0.481 e. The Kier molecular flexibility index (Phi) is 3.55. The standard InChI is InChI=1S/C16H15ClN2O2/c1-10-7-11-5-3-4-6-13(11)19(10)16(20)12-8-14(17)18-15(9-12)21-2/h3-6,8-10H,7H2,1-2H3. The van der Waals surface area contributed by atoms with Crippen LogP contribution in [0.2, 0.25) is 5.15 Å². The molecule has 108 valence electrons. The highest BCUT2D eigenvalue weighted by Crippen LogP contribution is 2.33. The van der Waals surface area contributed by atoms with Crippen LogP contribution in [0.3, 0.4) is 0 Å². The fraction of sp³-hybridized carbons (Fsp3) is 0.250. The molecule has 2 heterocycles. The number of anilines is 1. The molecular weight excluding hydrogens is 288 g/mol. The second-order valence-electron chi connectivity index (χ2n) is 5.08. The minimum absolute atomic E-state index is 0.0879. The highest BCUT2D eigenvalue weighted by molar-refractivity contribution is 6.30. The minimum atomic E-state index is -0.0879. The summed E-state index contributed by atoms with van der Waals surface area (Å²) >= 11 is 5.95. The number of hydrogen-bond donors (Lipinski definition) is 0. The number of pyridine rings is 1. The predicted octanol–water partition coefficient (Wildman–Crippen LogP) is 3.34. The molecule has 1 amide bonds. The van der Waals surface area contributed by atoms with Crippen molar-refractivity contribution in [3.8, 4) is 5.88 Å². The first kappa shape index (κ1) is 13.9. The Morgan fingerprint density at radius 3 is 2.90 bits per heavy atom. The molecule has 0 spiro atoms. The smallest absolute Gasteiger partial charge is 0.258 e. The lowest BCUT2D eigenvalue weighted by Gasteiger charge is -2.23. The molecule has 0 radical (unpaired) electrons. The van der Waals surface area contributed by atoms with Crippen LogP contribution in [0, 0.1) is 0 Å². The van der Waals surface area contributed by atoms with Crippen molar-refractivity contribution in [1.82, 2.24) is 4.98 Å². The van der Waals surface area contributed by atoms with Gasteiger partial charge in [0.2, 0.25) is 5.88 Å². The Hall–Kier alpha value is -2.07. The molecule has 0 N–H and O–H groups in total. The molecular formula is C16H15ClN2O2. The Labute approximate surface area is 128 Å². The van der Waals surface area contributed by atoms with E-state index in [9.17, 15) is 4.79 Å². The summed E-state index contributed by atoms with van der Waals surface area (Å²) in [6.45, 7) is 2.04. The number of hydrogen-bond acceptors (Lipinski definition) is 3. The number of carbonyl (C=O) groups is 1. The monoisotopic (exact) mass is 302 g/mol. The lowest BCUT2D eigenvalue weighted by molar-refractivity contribution is 0.0981. The van der Waals surface area contributed by atoms with Gasteiger partial charge >= 0.3 is 0 Å². The van der Waals surface area contributed by atoms with Gasteiger partial charge in [-0.05, 0) is 31.0 Å². The molecule has 1 unspecified atom stereocenters. The van der Waals surface area contributed by atoms with Gasteiger partial charge < -0.3 is 9.64 Å². The van der Waals surface area contributed by atoms with Crippen molar-refractivity contribution in [2.24, 2.45) is 0 Å². The van der Waals surface area contributed by atoms with E-state index < -0.39 is 0 Å². The first-order valence-corrected chi connectivity index (χ1v) is 7.11. The maximum Gasteiger partial charge on any atom is 0.258 e. The highest BCUT2D eigenvalue weighted by Gasteiger charge is 2.31. The number of halogens is 1. The molecule has 5 heteroatoms. The Morgan fingerprint density at radius 2 is 2.14 bits per heavy atom. The van der Waals surface area contributed by atoms with Crippen LogP contribution in [0.15, 0.2) is 36.4 Å². The summed E-state index contributed by atoms with van der Waals surface area (Å²) in [6.07, 6.45) is 0.859. The number of amides is 1. The first-order chi connectivity index (χ1) is 10.1. The number of rotatable bonds is 2. The molecule has 4 nitrogen and oxygen atoms in total. The van der Waals surface area contributed by atoms with Crippen molar-refractivity contribution in [1.29, 1.82) is 0 Å². The van der Waals surface area contributed by atoms with Crippen LogP contribution in [0.4, 0.5) is 5.69 Å². The summed E-state index contributed by atoms with van der Waals surface area (Å²) in [5.74, 6) is 0.251. The Bertz CT molecular complexity index is 702. The third-order valence-corrected chi connectivity index (χ3v) is 3.85. The van der Waals surface area contributed by atoms with Crippen LogP contribution in [0.25, 0.3) is 0 Å². The van der Waals surface area contributed by atoms with Gasteiger partial charge in [-0.3, -0.25) is 4.79 Å². The van der Waals surface area contributed by atoms with E-state index in [1.54, 1.807) is 17.0 Å². The van der Waals surface area contributed by atoms with E-state index in [1.807, 2.05) is 25.1 Å². The quantitative estimate of drug-likeness (QED) is 0.799. The van der Waals surface area contributed by atoms with Gasteiger partial charge in [-0.25, -0.2) is 4.98 Å². The fourth-order valence-corrected chi connectivity index (χ4v) is 2.92. The molecule has 1 aromatic heterocycles. The molecule has 0 aliphatic carbocycles. The number of methoxy groups -OCH3 is 1. The number of aromatic nitrogens is 1. The molecule has 0 saturated carbocycles. The highest BCUT2D eigenvalue weighted by atomic mass is 35.5. The predicted molar refractivity (Wildman–Crippen MR) is 82.2 cm³/mol. The molecule has 0 saturated heterocycles. The van der Waals surface area contributed by atoms with Crippen LogP contribution in [-0.2, 0) is 6.42 Å². The molecule has 2 aromatic rings. The number of carbonyl (C=O) groups excluding carboxylic acids is 1. The van der Waals surface area contributed by atoms with Crippen molar-refractivity contribution < 1.29 is 9.53 Å². The Morgan fingerprint density at radius 1 is 1.38 bits per heavy atom. The van der Waals surface area contributed by atoms with Gasteiger partial charge in [-0.15, -0.1) is 0 Å². The average Bonchev–Trinajstić information content (AvgIpc) is 2.81. The number of ether oxygens (including phenoxy) is 1. The van der Waals surface area contributed by atoms with Crippen LogP contribution in [0.5, 0.6) is 5.88 Å². The minimum Gasteiger partial charge on any atom is -0.481 e. The SMILES string of the molecule is COc1cc(C(=O)N2c3ccccc3CC2C)cc(Cl)n1. The van der Waals surface area contributed by atoms with Crippen molar-refractivity contribution in [2.45, 2.75) is 19.4 Å². The average molecular weight is 303 g/mol. The van der Waals surface area contributed by atoms with E-state index in [0.29, 0.717) is 11.4 Å². The summed E-state index contributed by atoms with van der Waals surface area (Å²) in [4.78, 5) is 18.6. The van der Waals surface area contributed by atoms with Gasteiger partial charge in [-0.2, -0.15) is 0 Å². The number of nitrogens with zero attached hydrogens (tertiary/aromatic N) is 2. The molecule has 1 aromatic carbocycles. The molecule has 1 aliphatic heterocycles. The van der Waals surface area contributed by atoms with Gasteiger partial charge in [0.15, 0.2) is 0 Å². The van der Waals surface area contributed by atoms with Crippen LogP contribution >= 0.6 is 11.6 Å². The lowest BCUT2D eigenvalue weighted by Crippen LogP contribution is -2.35. The normalized spacial score (nSPS) is 16.7. The number of benzene rings is 1. The van der Waals surface area contributed by atoms with E-state index >= 15 is 0 Å².